The SMILES string of the molecule is CCOC(=O)N1CCN(c2cccc(NC(C)=O)c2)CC1. The molecule has 0 bridgehead atoms. The fraction of sp³-hybridized carbons (Fsp3) is 0.467. The summed E-state index contributed by atoms with van der Waals surface area (Å²) in [7, 11) is 0. The van der Waals surface area contributed by atoms with Crippen LogP contribution in [-0.4, -0.2) is 49.7 Å². The van der Waals surface area contributed by atoms with Crippen LogP contribution in [0.15, 0.2) is 24.3 Å². The highest BCUT2D eigenvalue weighted by Crippen LogP contribution is 2.21. The lowest BCUT2D eigenvalue weighted by Gasteiger charge is -2.35. The third kappa shape index (κ3) is 4.11. The summed E-state index contributed by atoms with van der Waals surface area (Å²) in [4.78, 5) is 26.7. The van der Waals surface area contributed by atoms with Crippen LogP contribution in [0.25, 0.3) is 0 Å². The van der Waals surface area contributed by atoms with Gasteiger partial charge in [0.05, 0.1) is 6.61 Å². The van der Waals surface area contributed by atoms with Gasteiger partial charge in [-0.15, -0.1) is 0 Å². The Morgan fingerprint density at radius 3 is 2.57 bits per heavy atom. The third-order valence-electron chi connectivity index (χ3n) is 3.34. The number of amides is 2. The number of ether oxygens (including phenoxy) is 1. The molecule has 1 aromatic carbocycles. The van der Waals surface area contributed by atoms with Gasteiger partial charge in [0.2, 0.25) is 5.91 Å². The Kier molecular flexibility index (Phi) is 5.03. The van der Waals surface area contributed by atoms with Crippen LogP contribution in [-0.2, 0) is 9.53 Å². The van der Waals surface area contributed by atoms with E-state index in [4.69, 9.17) is 4.74 Å². The molecule has 1 aromatic rings. The Balaban J connectivity index is 1.95. The van der Waals surface area contributed by atoms with E-state index in [2.05, 4.69) is 10.2 Å². The number of hydrogen-bond donors (Lipinski definition) is 1. The number of carbonyl (C=O) groups is 2. The molecule has 1 aliphatic heterocycles. The molecule has 0 aliphatic carbocycles. The maximum atomic E-state index is 11.7. The van der Waals surface area contributed by atoms with E-state index in [0.717, 1.165) is 24.5 Å². The van der Waals surface area contributed by atoms with Crippen molar-refractivity contribution in [1.29, 1.82) is 0 Å². The van der Waals surface area contributed by atoms with E-state index in [1.54, 1.807) is 4.90 Å². The predicted octanol–water partition coefficient (Wildman–Crippen LogP) is 1.92. The third-order valence-corrected chi connectivity index (χ3v) is 3.34. The van der Waals surface area contributed by atoms with Crippen molar-refractivity contribution in [2.75, 3.05) is 43.0 Å². The molecular formula is C15H21N3O3. The van der Waals surface area contributed by atoms with Crippen molar-refractivity contribution in [2.45, 2.75) is 13.8 Å². The van der Waals surface area contributed by atoms with Crippen LogP contribution in [0.3, 0.4) is 0 Å². The van der Waals surface area contributed by atoms with Gasteiger partial charge in [0.15, 0.2) is 0 Å². The number of piperazine rings is 1. The highest BCUT2D eigenvalue weighted by atomic mass is 16.6. The molecule has 0 unspecified atom stereocenters. The molecule has 0 atom stereocenters. The first-order chi connectivity index (χ1) is 10.1. The molecule has 1 fully saturated rings. The number of carbonyl (C=O) groups excluding carboxylic acids is 2. The first-order valence-corrected chi connectivity index (χ1v) is 7.14. The lowest BCUT2D eigenvalue weighted by molar-refractivity contribution is -0.114. The van der Waals surface area contributed by atoms with Crippen LogP contribution in [0.1, 0.15) is 13.8 Å². The van der Waals surface area contributed by atoms with E-state index in [-0.39, 0.29) is 12.0 Å². The van der Waals surface area contributed by atoms with E-state index in [1.165, 1.54) is 6.92 Å². The van der Waals surface area contributed by atoms with Crippen LogP contribution in [0.5, 0.6) is 0 Å². The summed E-state index contributed by atoms with van der Waals surface area (Å²) in [6.45, 7) is 6.49. The summed E-state index contributed by atoms with van der Waals surface area (Å²) in [5, 5.41) is 2.78. The summed E-state index contributed by atoms with van der Waals surface area (Å²) < 4.78 is 5.01. The fourth-order valence-electron chi connectivity index (χ4n) is 2.35. The van der Waals surface area contributed by atoms with Crippen LogP contribution < -0.4 is 10.2 Å². The number of benzene rings is 1. The Morgan fingerprint density at radius 2 is 1.95 bits per heavy atom. The van der Waals surface area contributed by atoms with Crippen molar-refractivity contribution in [3.8, 4) is 0 Å². The molecule has 0 saturated carbocycles. The summed E-state index contributed by atoms with van der Waals surface area (Å²) in [5.41, 5.74) is 1.83. The standard InChI is InChI=1S/C15H21N3O3/c1-3-21-15(20)18-9-7-17(8-10-18)14-6-4-5-13(11-14)16-12(2)19/h4-6,11H,3,7-10H2,1-2H3,(H,16,19). The van der Waals surface area contributed by atoms with Crippen molar-refractivity contribution >= 4 is 23.4 Å². The van der Waals surface area contributed by atoms with Crippen molar-refractivity contribution in [3.63, 3.8) is 0 Å². The van der Waals surface area contributed by atoms with E-state index in [9.17, 15) is 9.59 Å². The largest absolute Gasteiger partial charge is 0.450 e. The highest BCUT2D eigenvalue weighted by molar-refractivity contribution is 5.89. The molecular weight excluding hydrogens is 270 g/mol. The van der Waals surface area contributed by atoms with Gasteiger partial charge in [0.25, 0.3) is 0 Å². The van der Waals surface area contributed by atoms with Crippen molar-refractivity contribution < 1.29 is 14.3 Å². The zero-order chi connectivity index (χ0) is 15.2. The van der Waals surface area contributed by atoms with Gasteiger partial charge < -0.3 is 19.9 Å². The molecule has 6 heteroatoms. The molecule has 1 saturated heterocycles. The smallest absolute Gasteiger partial charge is 0.409 e. The molecule has 1 N–H and O–H groups in total. The average Bonchev–Trinajstić information content (AvgIpc) is 2.47. The minimum atomic E-state index is -0.246. The quantitative estimate of drug-likeness (QED) is 0.924. The zero-order valence-corrected chi connectivity index (χ0v) is 12.5. The maximum absolute atomic E-state index is 11.7. The van der Waals surface area contributed by atoms with Crippen LogP contribution in [0.4, 0.5) is 16.2 Å². The second-order valence-electron chi connectivity index (χ2n) is 4.90. The maximum Gasteiger partial charge on any atom is 0.409 e. The molecule has 0 spiro atoms. The second kappa shape index (κ2) is 6.97. The van der Waals surface area contributed by atoms with E-state index >= 15 is 0 Å². The molecule has 0 radical (unpaired) electrons. The summed E-state index contributed by atoms with van der Waals surface area (Å²) in [6, 6.07) is 7.73. The van der Waals surface area contributed by atoms with Crippen LogP contribution >= 0.6 is 0 Å². The topological polar surface area (TPSA) is 61.9 Å². The summed E-state index contributed by atoms with van der Waals surface area (Å²) in [6.07, 6.45) is -0.246. The summed E-state index contributed by atoms with van der Waals surface area (Å²) in [5.74, 6) is -0.0840. The summed E-state index contributed by atoms with van der Waals surface area (Å²) >= 11 is 0. The van der Waals surface area contributed by atoms with Crippen LogP contribution in [0, 0.1) is 0 Å². The number of hydrogen-bond acceptors (Lipinski definition) is 4. The Bertz CT molecular complexity index is 511. The minimum Gasteiger partial charge on any atom is -0.450 e. The van der Waals surface area contributed by atoms with Gasteiger partial charge in [-0.05, 0) is 25.1 Å². The van der Waals surface area contributed by atoms with E-state index in [0.29, 0.717) is 19.7 Å². The molecule has 21 heavy (non-hydrogen) atoms. The molecule has 1 heterocycles. The molecule has 6 nitrogen and oxygen atoms in total. The predicted molar refractivity (Wildman–Crippen MR) is 81.6 cm³/mol. The molecule has 0 aromatic heterocycles. The average molecular weight is 291 g/mol. The number of anilines is 2. The highest BCUT2D eigenvalue weighted by Gasteiger charge is 2.22. The van der Waals surface area contributed by atoms with Gasteiger partial charge in [-0.2, -0.15) is 0 Å². The van der Waals surface area contributed by atoms with Gasteiger partial charge in [0.1, 0.15) is 0 Å². The number of rotatable bonds is 3. The number of nitrogens with zero attached hydrogens (tertiary/aromatic N) is 2. The molecule has 2 amide bonds. The van der Waals surface area contributed by atoms with Crippen molar-refractivity contribution in [3.05, 3.63) is 24.3 Å². The van der Waals surface area contributed by atoms with Crippen molar-refractivity contribution in [2.24, 2.45) is 0 Å². The van der Waals surface area contributed by atoms with Crippen molar-refractivity contribution in [1.82, 2.24) is 4.90 Å². The monoisotopic (exact) mass is 291 g/mol. The Hall–Kier alpha value is -2.24. The lowest BCUT2D eigenvalue weighted by atomic mass is 10.2. The van der Waals surface area contributed by atoms with Gasteiger partial charge in [-0.3, -0.25) is 4.79 Å². The first-order valence-electron chi connectivity index (χ1n) is 7.14. The molecule has 114 valence electrons. The van der Waals surface area contributed by atoms with Gasteiger partial charge in [-0.25, -0.2) is 4.79 Å². The first kappa shape index (κ1) is 15.2. The fourth-order valence-corrected chi connectivity index (χ4v) is 2.35. The van der Waals surface area contributed by atoms with Gasteiger partial charge in [-0.1, -0.05) is 6.07 Å². The lowest BCUT2D eigenvalue weighted by Crippen LogP contribution is -2.49. The number of nitrogens with one attached hydrogen (secondary N) is 1. The Labute approximate surface area is 124 Å². The second-order valence-corrected chi connectivity index (χ2v) is 4.90. The molecule has 1 aliphatic rings. The Morgan fingerprint density at radius 1 is 1.24 bits per heavy atom. The van der Waals surface area contributed by atoms with E-state index in [1.807, 2.05) is 31.2 Å². The van der Waals surface area contributed by atoms with E-state index < -0.39 is 0 Å². The van der Waals surface area contributed by atoms with Gasteiger partial charge in [0, 0.05) is 44.5 Å². The minimum absolute atomic E-state index is 0.0840. The van der Waals surface area contributed by atoms with Crippen LogP contribution in [0.2, 0.25) is 0 Å². The van der Waals surface area contributed by atoms with Gasteiger partial charge >= 0.3 is 6.09 Å². The zero-order valence-electron chi connectivity index (χ0n) is 12.5. The normalized spacial score (nSPS) is 14.8. The molecule has 2 rings (SSSR count).